The van der Waals surface area contributed by atoms with Gasteiger partial charge in [0.2, 0.25) is 5.91 Å². The number of rotatable bonds is 4. The molecule has 0 aliphatic heterocycles. The molecule has 2 heterocycles. The Balaban J connectivity index is 0.00000225. The number of hydrogen-bond donors (Lipinski definition) is 1. The minimum absolute atomic E-state index is 0. The lowest BCUT2D eigenvalue weighted by molar-refractivity contribution is -0.115. The fourth-order valence-corrected chi connectivity index (χ4v) is 4.26. The minimum Gasteiger partial charge on any atom is -0.326 e. The number of fused-ring (bicyclic) bond motifs is 1. The monoisotopic (exact) mass is 475 g/mol. The maximum atomic E-state index is 12.6. The van der Waals surface area contributed by atoms with Gasteiger partial charge >= 0.3 is 0 Å². The molecule has 1 N–H and O–H groups in total. The Hall–Kier alpha value is -2.15. The molecular weight excluding hydrogens is 458 g/mol. The zero-order valence-electron chi connectivity index (χ0n) is 15.4. The van der Waals surface area contributed by atoms with Crippen LogP contribution in [-0.2, 0) is 11.2 Å². The second-order valence-corrected chi connectivity index (χ2v) is 8.24. The average molecular weight is 477 g/mol. The molecule has 28 heavy (non-hydrogen) atoms. The fourth-order valence-electron chi connectivity index (χ4n) is 2.99. The Labute approximate surface area is 182 Å². The van der Waals surface area contributed by atoms with Crippen LogP contribution in [0.25, 0.3) is 16.2 Å². The zero-order valence-corrected chi connectivity index (χ0v) is 18.6. The summed E-state index contributed by atoms with van der Waals surface area (Å²) < 4.78 is 3.02. The summed E-state index contributed by atoms with van der Waals surface area (Å²) in [6.07, 6.45) is 2.30. The van der Waals surface area contributed by atoms with E-state index in [0.29, 0.717) is 6.42 Å². The molecule has 0 radical (unpaired) electrons. The summed E-state index contributed by atoms with van der Waals surface area (Å²) in [4.78, 5) is 18.1. The molecule has 2 aromatic heterocycles. The van der Waals surface area contributed by atoms with Crippen LogP contribution in [0, 0.1) is 13.8 Å². The van der Waals surface area contributed by atoms with Crippen LogP contribution in [0.5, 0.6) is 0 Å². The van der Waals surface area contributed by atoms with Gasteiger partial charge in [0.25, 0.3) is 0 Å². The summed E-state index contributed by atoms with van der Waals surface area (Å²) in [7, 11) is 0. The summed E-state index contributed by atoms with van der Waals surface area (Å²) in [5, 5.41) is 5.02. The Morgan fingerprint density at radius 1 is 1.21 bits per heavy atom. The predicted octanol–water partition coefficient (Wildman–Crippen LogP) is 6.05. The van der Waals surface area contributed by atoms with Gasteiger partial charge in [-0.25, -0.2) is 4.98 Å². The van der Waals surface area contributed by atoms with E-state index in [0.717, 1.165) is 37.6 Å². The second kappa shape index (κ2) is 8.47. The van der Waals surface area contributed by atoms with E-state index in [-0.39, 0.29) is 18.3 Å². The van der Waals surface area contributed by atoms with Crippen molar-refractivity contribution >= 4 is 56.2 Å². The number of nitrogens with zero attached hydrogens (tertiary/aromatic N) is 2. The van der Waals surface area contributed by atoms with E-state index in [9.17, 15) is 4.79 Å². The van der Waals surface area contributed by atoms with Gasteiger partial charge in [-0.2, -0.15) is 0 Å². The number of aryl methyl sites for hydroxylation is 1. The number of anilines is 1. The maximum absolute atomic E-state index is 12.6. The largest absolute Gasteiger partial charge is 0.326 e. The lowest BCUT2D eigenvalue weighted by Crippen LogP contribution is -2.16. The normalized spacial score (nSPS) is 10.7. The molecule has 0 bridgehead atoms. The Morgan fingerprint density at radius 3 is 2.79 bits per heavy atom. The van der Waals surface area contributed by atoms with Crippen LogP contribution in [0.2, 0.25) is 0 Å². The van der Waals surface area contributed by atoms with E-state index in [4.69, 9.17) is 4.98 Å². The van der Waals surface area contributed by atoms with E-state index in [1.54, 1.807) is 11.3 Å². The van der Waals surface area contributed by atoms with E-state index in [2.05, 4.69) is 21.2 Å². The fraction of sp³-hybridized carbons (Fsp3) is 0.143. The van der Waals surface area contributed by atoms with E-state index in [1.807, 2.05) is 72.3 Å². The smallest absolute Gasteiger partial charge is 0.230 e. The lowest BCUT2D eigenvalue weighted by Gasteiger charge is -2.10. The van der Waals surface area contributed by atoms with Crippen molar-refractivity contribution in [2.24, 2.45) is 0 Å². The van der Waals surface area contributed by atoms with Crippen molar-refractivity contribution in [2.45, 2.75) is 20.3 Å². The van der Waals surface area contributed by atoms with Crippen molar-refractivity contribution < 1.29 is 4.79 Å². The van der Waals surface area contributed by atoms with Crippen molar-refractivity contribution in [3.63, 3.8) is 0 Å². The van der Waals surface area contributed by atoms with Crippen LogP contribution >= 0.6 is 39.7 Å². The average Bonchev–Trinajstić information content (AvgIpc) is 3.21. The minimum atomic E-state index is -0.0268. The third-order valence-corrected chi connectivity index (χ3v) is 6.01. The van der Waals surface area contributed by atoms with E-state index < -0.39 is 0 Å². The highest BCUT2D eigenvalue weighted by atomic mass is 79.9. The number of carbonyl (C=O) groups is 1. The van der Waals surface area contributed by atoms with Crippen LogP contribution in [0.1, 0.15) is 16.8 Å². The molecule has 4 aromatic rings. The molecule has 4 nitrogen and oxygen atoms in total. The van der Waals surface area contributed by atoms with Gasteiger partial charge in [-0.1, -0.05) is 40.2 Å². The van der Waals surface area contributed by atoms with E-state index in [1.165, 1.54) is 5.56 Å². The third kappa shape index (κ3) is 4.14. The molecule has 0 fully saturated rings. The summed E-state index contributed by atoms with van der Waals surface area (Å²) in [6.45, 7) is 4.07. The van der Waals surface area contributed by atoms with Crippen LogP contribution in [0.4, 0.5) is 5.69 Å². The second-order valence-electron chi connectivity index (χ2n) is 6.49. The van der Waals surface area contributed by atoms with Gasteiger partial charge in [-0.3, -0.25) is 9.20 Å². The molecule has 0 atom stereocenters. The van der Waals surface area contributed by atoms with Crippen LogP contribution in [0.15, 0.2) is 58.5 Å². The van der Waals surface area contributed by atoms with Gasteiger partial charge in [0, 0.05) is 33.0 Å². The topological polar surface area (TPSA) is 46.4 Å². The molecule has 0 saturated heterocycles. The van der Waals surface area contributed by atoms with Crippen LogP contribution < -0.4 is 5.32 Å². The summed E-state index contributed by atoms with van der Waals surface area (Å²) in [5.41, 5.74) is 6.02. The molecule has 0 saturated carbocycles. The highest BCUT2D eigenvalue weighted by molar-refractivity contribution is 9.10. The lowest BCUT2D eigenvalue weighted by atomic mass is 10.1. The first-order valence-electron chi connectivity index (χ1n) is 8.59. The molecule has 0 unspecified atom stereocenters. The van der Waals surface area contributed by atoms with Crippen molar-refractivity contribution in [3.05, 3.63) is 75.3 Å². The molecule has 144 valence electrons. The first-order chi connectivity index (χ1) is 13.0. The number of benzene rings is 2. The number of amides is 1. The standard InChI is InChI=1S/C21H18BrN3OS.ClH/c1-13-5-3-8-18(14(13)2)23-20(26)10-17-12-27-21-24-19(11-25(17)21)15-6-4-7-16(22)9-15;/h3-9,11-12H,10H2,1-2H3,(H,23,26);1H. The Kier molecular flexibility index (Phi) is 6.23. The molecule has 0 aliphatic rings. The van der Waals surface area contributed by atoms with Crippen molar-refractivity contribution in [1.82, 2.24) is 9.38 Å². The molecular formula is C21H19BrClN3OS. The molecule has 7 heteroatoms. The number of hydrogen-bond acceptors (Lipinski definition) is 3. The number of thiazole rings is 1. The summed E-state index contributed by atoms with van der Waals surface area (Å²) >= 11 is 5.05. The molecule has 0 spiro atoms. The van der Waals surface area contributed by atoms with Gasteiger partial charge in [-0.05, 0) is 43.2 Å². The van der Waals surface area contributed by atoms with Gasteiger partial charge < -0.3 is 5.32 Å². The number of carbonyl (C=O) groups excluding carboxylic acids is 1. The van der Waals surface area contributed by atoms with Gasteiger partial charge in [0.1, 0.15) is 0 Å². The van der Waals surface area contributed by atoms with Crippen molar-refractivity contribution in [3.8, 4) is 11.3 Å². The SMILES string of the molecule is Cc1cccc(NC(=O)Cc2csc3nc(-c4cccc(Br)c4)cn23)c1C.Cl. The quantitative estimate of drug-likeness (QED) is 0.390. The van der Waals surface area contributed by atoms with Crippen molar-refractivity contribution in [1.29, 1.82) is 0 Å². The molecule has 0 aliphatic carbocycles. The van der Waals surface area contributed by atoms with Gasteiger partial charge in [-0.15, -0.1) is 23.7 Å². The molecule has 4 rings (SSSR count). The maximum Gasteiger partial charge on any atom is 0.230 e. The highest BCUT2D eigenvalue weighted by Gasteiger charge is 2.13. The van der Waals surface area contributed by atoms with Crippen molar-refractivity contribution in [2.75, 3.05) is 5.32 Å². The number of aromatic nitrogens is 2. The first-order valence-corrected chi connectivity index (χ1v) is 10.3. The zero-order chi connectivity index (χ0) is 19.0. The first kappa shape index (κ1) is 20.6. The van der Waals surface area contributed by atoms with Crippen LogP contribution in [0.3, 0.4) is 0 Å². The molecule has 2 aromatic carbocycles. The highest BCUT2D eigenvalue weighted by Crippen LogP contribution is 2.26. The van der Waals surface area contributed by atoms with Gasteiger partial charge in [0.15, 0.2) is 4.96 Å². The molecule has 1 amide bonds. The Morgan fingerprint density at radius 2 is 2.00 bits per heavy atom. The number of halogens is 2. The van der Waals surface area contributed by atoms with Crippen LogP contribution in [-0.4, -0.2) is 15.3 Å². The summed E-state index contributed by atoms with van der Waals surface area (Å²) in [6, 6.07) is 14.0. The number of imidazole rings is 1. The third-order valence-electron chi connectivity index (χ3n) is 4.62. The number of nitrogens with one attached hydrogen (secondary N) is 1. The summed E-state index contributed by atoms with van der Waals surface area (Å²) in [5.74, 6) is -0.0268. The predicted molar refractivity (Wildman–Crippen MR) is 122 cm³/mol. The van der Waals surface area contributed by atoms with E-state index >= 15 is 0 Å². The van der Waals surface area contributed by atoms with Gasteiger partial charge in [0.05, 0.1) is 12.1 Å². The Bertz CT molecular complexity index is 1150.